The number of benzene rings is 3. The molecular formula is C37H41F3N6O4. The summed E-state index contributed by atoms with van der Waals surface area (Å²) in [5, 5.41) is 24.9. The van der Waals surface area contributed by atoms with Gasteiger partial charge in [0, 0.05) is 74.5 Å². The van der Waals surface area contributed by atoms with Crippen LogP contribution in [0.4, 0.5) is 19.0 Å². The number of rotatable bonds is 9. The van der Waals surface area contributed by atoms with Gasteiger partial charge in [-0.15, -0.1) is 0 Å². The Bertz CT molecular complexity index is 1950. The number of hydrogen-bond acceptors (Lipinski definition) is 9. The molecule has 8 rings (SSSR count). The van der Waals surface area contributed by atoms with Gasteiger partial charge in [0.15, 0.2) is 5.82 Å². The first-order valence-electron chi connectivity index (χ1n) is 17.5. The summed E-state index contributed by atoms with van der Waals surface area (Å²) in [7, 11) is 0. The Kier molecular flexibility index (Phi) is 8.47. The third kappa shape index (κ3) is 5.88. The quantitative estimate of drug-likeness (QED) is 0.233. The van der Waals surface area contributed by atoms with Crippen LogP contribution in [0, 0.1) is 11.6 Å². The van der Waals surface area contributed by atoms with Crippen LogP contribution < -0.4 is 15.0 Å². The molecule has 5 heterocycles. The molecule has 3 aromatic carbocycles. The number of ether oxygens (including phenoxy) is 1. The summed E-state index contributed by atoms with van der Waals surface area (Å²) < 4.78 is 52.9. The monoisotopic (exact) mass is 690 g/mol. The summed E-state index contributed by atoms with van der Waals surface area (Å²) in [4.78, 5) is 27.4. The molecule has 0 radical (unpaired) electrons. The number of carbonyl (C=O) groups is 1. The van der Waals surface area contributed by atoms with Gasteiger partial charge in [0.2, 0.25) is 5.91 Å². The number of hydrogen-bond donors (Lipinski definition) is 3. The Balaban J connectivity index is 1.17. The number of amides is 1. The van der Waals surface area contributed by atoms with Crippen molar-refractivity contribution < 1.29 is 32.9 Å². The first-order valence-corrected chi connectivity index (χ1v) is 17.5. The minimum atomic E-state index is -0.937. The molecule has 4 fully saturated rings. The maximum Gasteiger partial charge on any atom is 0.319 e. The summed E-state index contributed by atoms with van der Waals surface area (Å²) in [5.41, 5.74) is -0.177. The number of fused-ring (bicyclic) bond motifs is 5. The highest BCUT2D eigenvalue weighted by Gasteiger charge is 2.49. The second kappa shape index (κ2) is 12.8. The fourth-order valence-corrected chi connectivity index (χ4v) is 8.90. The van der Waals surface area contributed by atoms with E-state index in [0.29, 0.717) is 49.2 Å². The van der Waals surface area contributed by atoms with Crippen LogP contribution in [0.1, 0.15) is 39.0 Å². The van der Waals surface area contributed by atoms with Crippen LogP contribution >= 0.6 is 0 Å². The van der Waals surface area contributed by atoms with Crippen LogP contribution in [0.3, 0.4) is 0 Å². The number of piperazine rings is 1. The smallest absolute Gasteiger partial charge is 0.319 e. The van der Waals surface area contributed by atoms with Gasteiger partial charge in [0.05, 0.1) is 11.6 Å². The van der Waals surface area contributed by atoms with Crippen LogP contribution in [-0.2, 0) is 4.79 Å². The van der Waals surface area contributed by atoms with Gasteiger partial charge >= 0.3 is 6.01 Å². The number of nitrogens with one attached hydrogen (secondary N) is 1. The number of anilines is 1. The highest BCUT2D eigenvalue weighted by Crippen LogP contribution is 2.43. The Morgan fingerprint density at radius 2 is 1.90 bits per heavy atom. The molecule has 3 N–H and O–H groups in total. The van der Waals surface area contributed by atoms with Crippen LogP contribution in [0.25, 0.3) is 32.8 Å². The van der Waals surface area contributed by atoms with Crippen LogP contribution in [0.5, 0.6) is 11.8 Å². The van der Waals surface area contributed by atoms with Crippen LogP contribution in [0.15, 0.2) is 42.5 Å². The van der Waals surface area contributed by atoms with Crippen molar-refractivity contribution >= 4 is 33.4 Å². The number of aromatic hydroxyl groups is 1. The van der Waals surface area contributed by atoms with E-state index in [1.165, 1.54) is 31.2 Å². The largest absolute Gasteiger partial charge is 0.508 e. The number of phenolic OH excluding ortho intramolecular Hbond substituents is 1. The molecular weight excluding hydrogens is 649 g/mol. The van der Waals surface area contributed by atoms with Crippen molar-refractivity contribution in [2.45, 2.75) is 68.9 Å². The number of alkyl halides is 1. The van der Waals surface area contributed by atoms with Gasteiger partial charge in [0.25, 0.3) is 0 Å². The molecule has 0 spiro atoms. The zero-order valence-corrected chi connectivity index (χ0v) is 27.9. The molecule has 4 saturated heterocycles. The number of phenols is 1. The molecule has 13 heteroatoms. The zero-order valence-electron chi connectivity index (χ0n) is 27.9. The number of aromatic nitrogens is 2. The minimum Gasteiger partial charge on any atom is -0.508 e. The molecule has 4 aliphatic rings. The Morgan fingerprint density at radius 3 is 2.68 bits per heavy atom. The lowest BCUT2D eigenvalue weighted by atomic mass is 9.95. The second-order valence-corrected chi connectivity index (χ2v) is 14.4. The van der Waals surface area contributed by atoms with Gasteiger partial charge < -0.3 is 25.2 Å². The third-order valence-corrected chi connectivity index (χ3v) is 11.1. The number of nitrogens with zero attached hydrogens (tertiary/aromatic N) is 5. The van der Waals surface area contributed by atoms with Gasteiger partial charge in [-0.2, -0.15) is 9.97 Å². The molecule has 10 nitrogen and oxygen atoms in total. The Hall–Kier alpha value is -4.20. The first-order chi connectivity index (χ1) is 24.1. The van der Waals surface area contributed by atoms with Gasteiger partial charge in [-0.1, -0.05) is 18.2 Å². The molecule has 1 amide bonds. The standard InChI is InChI=1S/C37H41F3N6O4/c1-21(47)41-15-27(49)19-46-24-6-7-25(46)18-44(17-24)35-29-9-8-28(30-13-26(48)12-22-4-2-5-31(39)32(22)30)33(40)34(29)42-36(43-35)50-20-37-10-3-11-45(37)16-23(38)14-37/h2,4-5,8-9,12-13,23-25,27,48-49H,3,6-7,10-11,14-20H2,1H3,(H,41,47)/t23-,24?,25?,27-,37+/m1/s1. The van der Waals surface area contributed by atoms with Crippen molar-refractivity contribution in [3.63, 3.8) is 0 Å². The molecule has 5 atom stereocenters. The molecule has 2 unspecified atom stereocenters. The molecule has 2 bridgehead atoms. The molecule has 50 heavy (non-hydrogen) atoms. The van der Waals surface area contributed by atoms with Crippen molar-refractivity contribution in [1.29, 1.82) is 0 Å². The normalized spacial score (nSPS) is 25.8. The number of aliphatic hydroxyl groups is 1. The molecule has 264 valence electrons. The van der Waals surface area contributed by atoms with Gasteiger partial charge in [-0.25, -0.2) is 13.2 Å². The van der Waals surface area contributed by atoms with Gasteiger partial charge in [0.1, 0.15) is 35.7 Å². The van der Waals surface area contributed by atoms with Crippen molar-refractivity contribution in [2.75, 3.05) is 50.8 Å². The van der Waals surface area contributed by atoms with Crippen LogP contribution in [-0.4, -0.2) is 112 Å². The fourth-order valence-electron chi connectivity index (χ4n) is 8.90. The lowest BCUT2D eigenvalue weighted by molar-refractivity contribution is -0.119. The highest BCUT2D eigenvalue weighted by atomic mass is 19.1. The summed E-state index contributed by atoms with van der Waals surface area (Å²) >= 11 is 0. The van der Waals surface area contributed by atoms with E-state index in [9.17, 15) is 19.4 Å². The van der Waals surface area contributed by atoms with E-state index in [0.717, 1.165) is 32.2 Å². The lowest BCUT2D eigenvalue weighted by Gasteiger charge is -2.42. The fraction of sp³-hybridized carbons (Fsp3) is 0.486. The number of aliphatic hydroxyl groups excluding tert-OH is 1. The molecule has 1 aromatic heterocycles. The van der Waals surface area contributed by atoms with Gasteiger partial charge in [-0.05, 0) is 67.4 Å². The second-order valence-electron chi connectivity index (χ2n) is 14.4. The first kappa shape index (κ1) is 33.0. The van der Waals surface area contributed by atoms with E-state index in [2.05, 4.69) is 25.0 Å². The average molecular weight is 691 g/mol. The van der Waals surface area contributed by atoms with E-state index in [4.69, 9.17) is 9.72 Å². The van der Waals surface area contributed by atoms with E-state index in [1.807, 2.05) is 0 Å². The van der Waals surface area contributed by atoms with Crippen molar-refractivity contribution in [3.05, 3.63) is 54.1 Å². The molecule has 0 aliphatic carbocycles. The Labute approximate surface area is 287 Å². The molecule has 0 saturated carbocycles. The van der Waals surface area contributed by atoms with E-state index < -0.39 is 29.4 Å². The summed E-state index contributed by atoms with van der Waals surface area (Å²) in [6.07, 6.45) is 2.28. The average Bonchev–Trinajstić information content (AvgIpc) is 3.67. The summed E-state index contributed by atoms with van der Waals surface area (Å²) in [5.74, 6) is -1.04. The molecule has 4 aliphatic heterocycles. The third-order valence-electron chi connectivity index (χ3n) is 11.1. The van der Waals surface area contributed by atoms with Crippen molar-refractivity contribution in [3.8, 4) is 22.9 Å². The predicted octanol–water partition coefficient (Wildman–Crippen LogP) is 4.54. The van der Waals surface area contributed by atoms with Crippen molar-refractivity contribution in [2.24, 2.45) is 0 Å². The Morgan fingerprint density at radius 1 is 1.10 bits per heavy atom. The topological polar surface area (TPSA) is 114 Å². The maximum atomic E-state index is 16.9. The molecule has 4 aromatic rings. The SMILES string of the molecule is CC(=O)NC[C@@H](O)CN1C2CCC1CN(c1nc(OC[C@@]34CCCN3C[C@H](F)C4)nc3c(F)c(-c4cc(O)cc5cccc(F)c45)ccc13)C2. The maximum absolute atomic E-state index is 16.9. The van der Waals surface area contributed by atoms with E-state index >= 15 is 8.78 Å². The van der Waals surface area contributed by atoms with Crippen LogP contribution in [0.2, 0.25) is 0 Å². The van der Waals surface area contributed by atoms with E-state index in [-0.39, 0.29) is 64.9 Å². The zero-order chi connectivity index (χ0) is 34.7. The van der Waals surface area contributed by atoms with Crippen molar-refractivity contribution in [1.82, 2.24) is 25.1 Å². The highest BCUT2D eigenvalue weighted by molar-refractivity contribution is 6.01. The van der Waals surface area contributed by atoms with E-state index in [1.54, 1.807) is 18.2 Å². The number of carbonyl (C=O) groups excluding carboxylic acids is 1. The minimum absolute atomic E-state index is 0.00593. The summed E-state index contributed by atoms with van der Waals surface area (Å²) in [6.45, 7) is 4.50. The predicted molar refractivity (Wildman–Crippen MR) is 183 cm³/mol. The lowest BCUT2D eigenvalue weighted by Crippen LogP contribution is -2.56. The van der Waals surface area contributed by atoms with Gasteiger partial charge in [-0.3, -0.25) is 14.6 Å². The number of halogens is 3. The summed E-state index contributed by atoms with van der Waals surface area (Å²) in [6, 6.07) is 10.8.